The van der Waals surface area contributed by atoms with Gasteiger partial charge in [-0.05, 0) is 18.2 Å². The maximum absolute atomic E-state index is 12.2. The number of anilines is 1. The van der Waals surface area contributed by atoms with Gasteiger partial charge >= 0.3 is 0 Å². The highest BCUT2D eigenvalue weighted by Gasteiger charge is 2.23. The van der Waals surface area contributed by atoms with Gasteiger partial charge in [-0.3, -0.25) is 24.6 Å². The molecule has 9 nitrogen and oxygen atoms in total. The Labute approximate surface area is 155 Å². The number of nitro groups is 1. The van der Waals surface area contributed by atoms with Crippen molar-refractivity contribution in [3.63, 3.8) is 0 Å². The first-order chi connectivity index (χ1) is 13.0. The zero-order valence-electron chi connectivity index (χ0n) is 14.7. The molecular formula is C18H20N4O5. The lowest BCUT2D eigenvalue weighted by molar-refractivity contribution is -0.384. The van der Waals surface area contributed by atoms with E-state index < -0.39 is 4.92 Å². The van der Waals surface area contributed by atoms with E-state index in [0.29, 0.717) is 44.2 Å². The molecule has 2 aromatic rings. The zero-order valence-corrected chi connectivity index (χ0v) is 14.7. The van der Waals surface area contributed by atoms with Crippen LogP contribution in [-0.4, -0.2) is 59.3 Å². The quantitative estimate of drug-likeness (QED) is 0.613. The van der Waals surface area contributed by atoms with Gasteiger partial charge in [-0.1, -0.05) is 6.07 Å². The Morgan fingerprint density at radius 2 is 1.93 bits per heavy atom. The summed E-state index contributed by atoms with van der Waals surface area (Å²) in [6.07, 6.45) is 1.75. The van der Waals surface area contributed by atoms with Crippen molar-refractivity contribution in [2.24, 2.45) is 0 Å². The number of non-ortho nitro benzene ring substituents is 1. The van der Waals surface area contributed by atoms with E-state index in [0.717, 1.165) is 0 Å². The van der Waals surface area contributed by atoms with E-state index in [4.69, 9.17) is 4.42 Å². The Morgan fingerprint density at radius 1 is 1.15 bits per heavy atom. The smallest absolute Gasteiger partial charge is 0.289 e. The highest BCUT2D eigenvalue weighted by molar-refractivity contribution is 5.92. The minimum absolute atomic E-state index is 0.0647. The molecular weight excluding hydrogens is 352 g/mol. The van der Waals surface area contributed by atoms with Crippen LogP contribution >= 0.6 is 0 Å². The van der Waals surface area contributed by atoms with Gasteiger partial charge in [0.05, 0.1) is 11.2 Å². The van der Waals surface area contributed by atoms with Crippen LogP contribution in [0.4, 0.5) is 11.4 Å². The first-order valence-corrected chi connectivity index (χ1v) is 8.62. The lowest BCUT2D eigenvalue weighted by Crippen LogP contribution is -2.49. The maximum Gasteiger partial charge on any atom is 0.289 e. The van der Waals surface area contributed by atoms with Crippen molar-refractivity contribution in [1.82, 2.24) is 9.80 Å². The number of hydrogen-bond donors (Lipinski definition) is 1. The topological polar surface area (TPSA) is 109 Å². The second-order valence-electron chi connectivity index (χ2n) is 6.22. The lowest BCUT2D eigenvalue weighted by atomic mass is 10.2. The van der Waals surface area contributed by atoms with Crippen LogP contribution in [0, 0.1) is 10.1 Å². The Hall–Kier alpha value is -3.20. The molecule has 0 bridgehead atoms. The molecule has 1 aliphatic heterocycles. The molecule has 9 heteroatoms. The predicted octanol–water partition coefficient (Wildman–Crippen LogP) is 1.97. The van der Waals surface area contributed by atoms with E-state index in [-0.39, 0.29) is 23.9 Å². The van der Waals surface area contributed by atoms with E-state index in [9.17, 15) is 19.7 Å². The van der Waals surface area contributed by atoms with E-state index in [1.54, 1.807) is 23.1 Å². The fourth-order valence-electron chi connectivity index (χ4n) is 2.91. The molecule has 2 heterocycles. The summed E-state index contributed by atoms with van der Waals surface area (Å²) in [7, 11) is 0. The van der Waals surface area contributed by atoms with Crippen LogP contribution in [-0.2, 0) is 4.79 Å². The molecule has 1 aromatic carbocycles. The molecule has 0 unspecified atom stereocenters. The molecule has 1 aliphatic rings. The van der Waals surface area contributed by atoms with Gasteiger partial charge in [0, 0.05) is 57.0 Å². The summed E-state index contributed by atoms with van der Waals surface area (Å²) in [5.74, 6) is 0.00689. The molecule has 0 saturated carbocycles. The third-order valence-corrected chi connectivity index (χ3v) is 4.39. The highest BCUT2D eigenvalue weighted by atomic mass is 16.6. The minimum atomic E-state index is -0.501. The number of hydrogen-bond acceptors (Lipinski definition) is 6. The van der Waals surface area contributed by atoms with Crippen molar-refractivity contribution in [2.45, 2.75) is 6.42 Å². The average Bonchev–Trinajstić information content (AvgIpc) is 3.21. The molecule has 0 aliphatic carbocycles. The van der Waals surface area contributed by atoms with Crippen LogP contribution in [0.5, 0.6) is 0 Å². The maximum atomic E-state index is 12.2. The third-order valence-electron chi connectivity index (χ3n) is 4.39. The van der Waals surface area contributed by atoms with Gasteiger partial charge in [-0.2, -0.15) is 0 Å². The summed E-state index contributed by atoms with van der Waals surface area (Å²) in [5.41, 5.74) is 0.341. The summed E-state index contributed by atoms with van der Waals surface area (Å²) in [6, 6.07) is 9.18. The van der Waals surface area contributed by atoms with Crippen molar-refractivity contribution in [2.75, 3.05) is 38.0 Å². The van der Waals surface area contributed by atoms with Crippen molar-refractivity contribution in [3.8, 4) is 0 Å². The van der Waals surface area contributed by atoms with E-state index in [2.05, 4.69) is 10.2 Å². The second kappa shape index (κ2) is 8.45. The van der Waals surface area contributed by atoms with Crippen LogP contribution in [0.2, 0.25) is 0 Å². The number of nitro benzene ring substituents is 1. The van der Waals surface area contributed by atoms with Gasteiger partial charge in [0.15, 0.2) is 5.76 Å². The number of rotatable bonds is 6. The number of nitrogens with zero attached hydrogens (tertiary/aromatic N) is 3. The highest BCUT2D eigenvalue weighted by Crippen LogP contribution is 2.17. The van der Waals surface area contributed by atoms with Crippen LogP contribution in [0.3, 0.4) is 0 Å². The van der Waals surface area contributed by atoms with Crippen LogP contribution in [0.15, 0.2) is 47.1 Å². The van der Waals surface area contributed by atoms with E-state index in [1.165, 1.54) is 24.5 Å². The molecule has 1 fully saturated rings. The number of amides is 2. The van der Waals surface area contributed by atoms with Gasteiger partial charge in [0.1, 0.15) is 0 Å². The van der Waals surface area contributed by atoms with Gasteiger partial charge in [-0.25, -0.2) is 0 Å². The minimum Gasteiger partial charge on any atom is -0.459 e. The van der Waals surface area contributed by atoms with Crippen molar-refractivity contribution >= 4 is 23.2 Å². The molecule has 1 aromatic heterocycles. The van der Waals surface area contributed by atoms with E-state index >= 15 is 0 Å². The largest absolute Gasteiger partial charge is 0.459 e. The van der Waals surface area contributed by atoms with Crippen molar-refractivity contribution in [1.29, 1.82) is 0 Å². The number of carbonyl (C=O) groups is 2. The fraction of sp³-hybridized carbons (Fsp3) is 0.333. The fourth-order valence-corrected chi connectivity index (χ4v) is 2.91. The van der Waals surface area contributed by atoms with Gasteiger partial charge in [0.25, 0.3) is 11.6 Å². The monoisotopic (exact) mass is 372 g/mol. The van der Waals surface area contributed by atoms with Crippen molar-refractivity contribution in [3.05, 3.63) is 58.5 Å². The van der Waals surface area contributed by atoms with Gasteiger partial charge in [0.2, 0.25) is 5.91 Å². The van der Waals surface area contributed by atoms with Crippen molar-refractivity contribution < 1.29 is 18.9 Å². The summed E-state index contributed by atoms with van der Waals surface area (Å²) in [6.45, 7) is 3.06. The van der Waals surface area contributed by atoms with Gasteiger partial charge in [-0.15, -0.1) is 0 Å². The van der Waals surface area contributed by atoms with Gasteiger partial charge < -0.3 is 14.6 Å². The number of furan rings is 1. The molecule has 0 radical (unpaired) electrons. The predicted molar refractivity (Wildman–Crippen MR) is 97.4 cm³/mol. The van der Waals surface area contributed by atoms with Crippen LogP contribution in [0.25, 0.3) is 0 Å². The molecule has 3 rings (SSSR count). The Bertz CT molecular complexity index is 813. The van der Waals surface area contributed by atoms with Crippen LogP contribution in [0.1, 0.15) is 17.0 Å². The Balaban J connectivity index is 1.42. The number of nitrogens with one attached hydrogen (secondary N) is 1. The summed E-state index contributed by atoms with van der Waals surface area (Å²) < 4.78 is 5.13. The molecule has 0 atom stereocenters. The summed E-state index contributed by atoms with van der Waals surface area (Å²) in [4.78, 5) is 38.4. The first kappa shape index (κ1) is 18.6. The molecule has 0 spiro atoms. The normalized spacial score (nSPS) is 14.7. The third kappa shape index (κ3) is 4.91. The molecule has 1 N–H and O–H groups in total. The van der Waals surface area contributed by atoms with Crippen LogP contribution < -0.4 is 5.32 Å². The second-order valence-corrected chi connectivity index (χ2v) is 6.22. The zero-order chi connectivity index (χ0) is 19.2. The summed E-state index contributed by atoms with van der Waals surface area (Å²) >= 11 is 0. The molecule has 2 amide bonds. The molecule has 142 valence electrons. The Kier molecular flexibility index (Phi) is 5.82. The van der Waals surface area contributed by atoms with E-state index in [1.807, 2.05) is 0 Å². The lowest BCUT2D eigenvalue weighted by Gasteiger charge is -2.34. The SMILES string of the molecule is O=C(CCN1CCN(C(=O)c2ccco2)CC1)Nc1cccc([N+](=O)[O-])c1. The molecule has 1 saturated heterocycles. The standard InChI is InChI=1S/C18H20N4O5/c23-17(19-14-3-1-4-15(13-14)22(25)26)6-7-20-8-10-21(11-9-20)18(24)16-5-2-12-27-16/h1-5,12-13H,6-11H2,(H,19,23). The average molecular weight is 372 g/mol. The number of benzene rings is 1. The summed E-state index contributed by atoms with van der Waals surface area (Å²) in [5, 5.41) is 13.4. The number of piperazine rings is 1. The number of carbonyl (C=O) groups excluding carboxylic acids is 2. The first-order valence-electron chi connectivity index (χ1n) is 8.62. The molecule has 27 heavy (non-hydrogen) atoms. The Morgan fingerprint density at radius 3 is 2.59 bits per heavy atom.